The standard InChI is InChI=1S/C9H7N3O/c1-7-10-11-9(13)12(7)8-5-3-2-4-6-8/h2-6H,1H2. The average Bonchev–Trinajstić information content (AvgIpc) is 2.48. The van der Waals surface area contributed by atoms with Gasteiger partial charge in [0.05, 0.1) is 5.69 Å². The molecule has 0 bridgehead atoms. The molecule has 1 aliphatic heterocycles. The Labute approximate surface area is 75.2 Å². The molecule has 2 rings (SSSR count). The number of carbonyl (C=O) groups is 1. The Morgan fingerprint density at radius 1 is 1.15 bits per heavy atom. The lowest BCUT2D eigenvalue weighted by Crippen LogP contribution is -2.20. The summed E-state index contributed by atoms with van der Waals surface area (Å²) in [7, 11) is 0. The number of para-hydroxylation sites is 1. The smallest absolute Gasteiger partial charge is 0.243 e. The van der Waals surface area contributed by atoms with Crippen LogP contribution in [0.4, 0.5) is 10.5 Å². The lowest BCUT2D eigenvalue weighted by Gasteiger charge is -2.12. The van der Waals surface area contributed by atoms with Gasteiger partial charge >= 0.3 is 6.03 Å². The van der Waals surface area contributed by atoms with Crippen LogP contribution in [0.5, 0.6) is 0 Å². The minimum atomic E-state index is -0.392. The maximum Gasteiger partial charge on any atom is 0.372 e. The molecule has 13 heavy (non-hydrogen) atoms. The molecule has 4 nitrogen and oxygen atoms in total. The molecule has 2 amide bonds. The minimum absolute atomic E-state index is 0.358. The number of carbonyl (C=O) groups excluding carboxylic acids is 1. The van der Waals surface area contributed by atoms with E-state index in [1.54, 1.807) is 12.1 Å². The van der Waals surface area contributed by atoms with E-state index in [0.717, 1.165) is 5.69 Å². The van der Waals surface area contributed by atoms with E-state index >= 15 is 0 Å². The van der Waals surface area contributed by atoms with Gasteiger partial charge in [-0.05, 0) is 12.1 Å². The number of hydrogen-bond donors (Lipinski definition) is 0. The molecule has 1 aromatic rings. The molecule has 0 atom stereocenters. The highest BCUT2D eigenvalue weighted by Gasteiger charge is 2.23. The third-order valence-electron chi connectivity index (χ3n) is 1.71. The maximum atomic E-state index is 11.2. The Morgan fingerprint density at radius 2 is 1.85 bits per heavy atom. The van der Waals surface area contributed by atoms with Crippen molar-refractivity contribution in [2.75, 3.05) is 4.90 Å². The van der Waals surface area contributed by atoms with Crippen molar-refractivity contribution in [1.29, 1.82) is 0 Å². The topological polar surface area (TPSA) is 45.0 Å². The van der Waals surface area contributed by atoms with Crippen molar-refractivity contribution in [3.8, 4) is 0 Å². The van der Waals surface area contributed by atoms with Crippen molar-refractivity contribution in [3.05, 3.63) is 42.7 Å². The molecule has 1 heterocycles. The number of azo groups is 1. The van der Waals surface area contributed by atoms with Crippen molar-refractivity contribution in [2.24, 2.45) is 10.2 Å². The Balaban J connectivity index is 2.38. The maximum absolute atomic E-state index is 11.2. The largest absolute Gasteiger partial charge is 0.372 e. The third-order valence-corrected chi connectivity index (χ3v) is 1.71. The summed E-state index contributed by atoms with van der Waals surface area (Å²) in [5, 5.41) is 6.97. The van der Waals surface area contributed by atoms with Crippen LogP contribution in [0.3, 0.4) is 0 Å². The first-order valence-corrected chi connectivity index (χ1v) is 3.79. The van der Waals surface area contributed by atoms with Crippen LogP contribution in [-0.4, -0.2) is 6.03 Å². The Hall–Kier alpha value is -1.97. The summed E-state index contributed by atoms with van der Waals surface area (Å²) in [5.41, 5.74) is 0.738. The minimum Gasteiger partial charge on any atom is -0.243 e. The van der Waals surface area contributed by atoms with Gasteiger partial charge in [0, 0.05) is 0 Å². The molecular weight excluding hydrogens is 166 g/mol. The van der Waals surface area contributed by atoms with Crippen molar-refractivity contribution in [2.45, 2.75) is 0 Å². The molecule has 0 aromatic heterocycles. The molecule has 0 unspecified atom stereocenters. The van der Waals surface area contributed by atoms with Crippen LogP contribution in [-0.2, 0) is 0 Å². The molecule has 4 heteroatoms. The van der Waals surface area contributed by atoms with E-state index in [-0.39, 0.29) is 0 Å². The van der Waals surface area contributed by atoms with Gasteiger partial charge in [-0.3, -0.25) is 0 Å². The summed E-state index contributed by atoms with van der Waals surface area (Å²) in [6.07, 6.45) is 0. The zero-order valence-electron chi connectivity index (χ0n) is 6.84. The molecule has 0 radical (unpaired) electrons. The fourth-order valence-corrected chi connectivity index (χ4v) is 1.14. The van der Waals surface area contributed by atoms with Gasteiger partial charge in [-0.2, -0.15) is 0 Å². The summed E-state index contributed by atoms with van der Waals surface area (Å²) < 4.78 is 0. The first kappa shape index (κ1) is 7.67. The van der Waals surface area contributed by atoms with Gasteiger partial charge in [0.1, 0.15) is 0 Å². The summed E-state index contributed by atoms with van der Waals surface area (Å²) in [4.78, 5) is 12.6. The van der Waals surface area contributed by atoms with Crippen LogP contribution in [0.2, 0.25) is 0 Å². The average molecular weight is 173 g/mol. The van der Waals surface area contributed by atoms with E-state index in [4.69, 9.17) is 0 Å². The predicted octanol–water partition coefficient (Wildman–Crippen LogP) is 2.55. The lowest BCUT2D eigenvalue weighted by atomic mass is 10.3. The fourth-order valence-electron chi connectivity index (χ4n) is 1.14. The summed E-state index contributed by atoms with van der Waals surface area (Å²) >= 11 is 0. The highest BCUT2D eigenvalue weighted by molar-refractivity contribution is 5.97. The van der Waals surface area contributed by atoms with Gasteiger partial charge in [-0.25, -0.2) is 9.69 Å². The predicted molar refractivity (Wildman–Crippen MR) is 48.3 cm³/mol. The molecule has 0 spiro atoms. The van der Waals surface area contributed by atoms with E-state index in [0.29, 0.717) is 5.82 Å². The number of urea groups is 1. The van der Waals surface area contributed by atoms with Gasteiger partial charge in [0.25, 0.3) is 0 Å². The van der Waals surface area contributed by atoms with Crippen molar-refractivity contribution in [3.63, 3.8) is 0 Å². The van der Waals surface area contributed by atoms with E-state index in [2.05, 4.69) is 16.8 Å². The lowest BCUT2D eigenvalue weighted by molar-refractivity contribution is 0.256. The van der Waals surface area contributed by atoms with Crippen LogP contribution in [0.1, 0.15) is 0 Å². The SMILES string of the molecule is C=C1N=NC(=O)N1c1ccccc1. The van der Waals surface area contributed by atoms with Crippen LogP contribution in [0.15, 0.2) is 53.0 Å². The zero-order chi connectivity index (χ0) is 9.26. The first-order valence-electron chi connectivity index (χ1n) is 3.79. The second kappa shape index (κ2) is 2.82. The molecule has 0 N–H and O–H groups in total. The van der Waals surface area contributed by atoms with E-state index in [1.165, 1.54) is 4.90 Å². The molecule has 0 fully saturated rings. The number of anilines is 1. The third kappa shape index (κ3) is 1.22. The highest BCUT2D eigenvalue weighted by atomic mass is 16.2. The van der Waals surface area contributed by atoms with E-state index in [9.17, 15) is 4.79 Å². The van der Waals surface area contributed by atoms with Crippen LogP contribution >= 0.6 is 0 Å². The summed E-state index contributed by atoms with van der Waals surface area (Å²) in [6.45, 7) is 3.61. The first-order chi connectivity index (χ1) is 6.29. The fraction of sp³-hybridized carbons (Fsp3) is 0. The van der Waals surface area contributed by atoms with Gasteiger partial charge in [-0.15, -0.1) is 5.11 Å². The molecule has 0 saturated carbocycles. The summed E-state index contributed by atoms with van der Waals surface area (Å²) in [6, 6.07) is 8.78. The van der Waals surface area contributed by atoms with Gasteiger partial charge in [-0.1, -0.05) is 29.9 Å². The second-order valence-corrected chi connectivity index (χ2v) is 2.57. The van der Waals surface area contributed by atoms with E-state index < -0.39 is 6.03 Å². The molecule has 0 aliphatic carbocycles. The second-order valence-electron chi connectivity index (χ2n) is 2.57. The number of nitrogens with zero attached hydrogens (tertiary/aromatic N) is 3. The molecule has 1 aliphatic rings. The quantitative estimate of drug-likeness (QED) is 0.643. The van der Waals surface area contributed by atoms with Crippen molar-refractivity contribution >= 4 is 11.7 Å². The van der Waals surface area contributed by atoms with Crippen molar-refractivity contribution in [1.82, 2.24) is 0 Å². The molecule has 0 saturated heterocycles. The van der Waals surface area contributed by atoms with Gasteiger partial charge in [0.15, 0.2) is 5.82 Å². The number of amides is 2. The van der Waals surface area contributed by atoms with E-state index in [1.807, 2.05) is 18.2 Å². The van der Waals surface area contributed by atoms with Gasteiger partial charge < -0.3 is 0 Å². The number of benzene rings is 1. The summed E-state index contributed by atoms with van der Waals surface area (Å²) in [5.74, 6) is 0.358. The Kier molecular flexibility index (Phi) is 1.66. The molecular formula is C9H7N3O. The molecule has 1 aromatic carbocycles. The van der Waals surface area contributed by atoms with Crippen LogP contribution in [0, 0.1) is 0 Å². The zero-order valence-corrected chi connectivity index (χ0v) is 6.84. The Bertz CT molecular complexity index is 365. The monoisotopic (exact) mass is 173 g/mol. The van der Waals surface area contributed by atoms with Gasteiger partial charge in [0.2, 0.25) is 0 Å². The molecule has 64 valence electrons. The highest BCUT2D eigenvalue weighted by Crippen LogP contribution is 2.23. The normalized spacial score (nSPS) is 15.5. The van der Waals surface area contributed by atoms with Crippen LogP contribution in [0.25, 0.3) is 0 Å². The number of hydrogen-bond acceptors (Lipinski definition) is 2. The van der Waals surface area contributed by atoms with Crippen molar-refractivity contribution < 1.29 is 4.79 Å². The van der Waals surface area contributed by atoms with Crippen LogP contribution < -0.4 is 4.90 Å². The number of rotatable bonds is 1. The Morgan fingerprint density at radius 3 is 2.38 bits per heavy atom.